The molecule has 0 radical (unpaired) electrons. The number of aromatic nitrogens is 3. The molecule has 3 nitrogen and oxygen atoms in total. The molecule has 2 heterocycles. The standard InChI is InChI=1S/C10H7F2N3/c1-6-2-4-8(15-14-6)7-3-5-9(11)13-10(7)12/h2-5H,1H3. The van der Waals surface area contributed by atoms with Gasteiger partial charge in [-0.3, -0.25) is 0 Å². The molecule has 0 bridgehead atoms. The van der Waals surface area contributed by atoms with Gasteiger partial charge in [0.25, 0.3) is 0 Å². The molecule has 0 amide bonds. The monoisotopic (exact) mass is 207 g/mol. The van der Waals surface area contributed by atoms with Crippen molar-refractivity contribution in [3.63, 3.8) is 0 Å². The predicted molar refractivity (Wildman–Crippen MR) is 49.9 cm³/mol. The molecule has 5 heteroatoms. The molecule has 0 N–H and O–H groups in total. The second-order valence-electron chi connectivity index (χ2n) is 3.03. The van der Waals surface area contributed by atoms with Gasteiger partial charge in [-0.25, -0.2) is 0 Å². The molecular formula is C10H7F2N3. The first-order valence-electron chi connectivity index (χ1n) is 4.29. The fraction of sp³-hybridized carbons (Fsp3) is 0.100. The number of hydrogen-bond acceptors (Lipinski definition) is 3. The van der Waals surface area contributed by atoms with Gasteiger partial charge < -0.3 is 0 Å². The first kappa shape index (κ1) is 9.64. The lowest BCUT2D eigenvalue weighted by molar-refractivity contribution is 0.515. The van der Waals surface area contributed by atoms with Crippen LogP contribution in [0.25, 0.3) is 11.3 Å². The van der Waals surface area contributed by atoms with E-state index in [1.54, 1.807) is 19.1 Å². The lowest BCUT2D eigenvalue weighted by atomic mass is 10.2. The van der Waals surface area contributed by atoms with Crippen molar-refractivity contribution in [3.05, 3.63) is 41.9 Å². The van der Waals surface area contributed by atoms with Crippen molar-refractivity contribution in [1.29, 1.82) is 0 Å². The van der Waals surface area contributed by atoms with Crippen LogP contribution in [0, 0.1) is 18.8 Å². The third kappa shape index (κ3) is 1.96. The van der Waals surface area contributed by atoms with E-state index in [9.17, 15) is 8.78 Å². The summed E-state index contributed by atoms with van der Waals surface area (Å²) in [5.74, 6) is -1.73. The highest BCUT2D eigenvalue weighted by molar-refractivity contribution is 5.57. The van der Waals surface area contributed by atoms with E-state index >= 15 is 0 Å². The van der Waals surface area contributed by atoms with Gasteiger partial charge in [-0.05, 0) is 31.2 Å². The summed E-state index contributed by atoms with van der Waals surface area (Å²) >= 11 is 0. The summed E-state index contributed by atoms with van der Waals surface area (Å²) in [6, 6.07) is 5.68. The van der Waals surface area contributed by atoms with Crippen LogP contribution >= 0.6 is 0 Å². The average molecular weight is 207 g/mol. The van der Waals surface area contributed by atoms with Gasteiger partial charge in [0.05, 0.1) is 17.0 Å². The summed E-state index contributed by atoms with van der Waals surface area (Å²) in [7, 11) is 0. The number of aryl methyl sites for hydroxylation is 1. The van der Waals surface area contributed by atoms with E-state index in [-0.39, 0.29) is 5.56 Å². The maximum atomic E-state index is 13.2. The fourth-order valence-corrected chi connectivity index (χ4v) is 1.15. The Hall–Kier alpha value is -1.91. The second kappa shape index (κ2) is 3.68. The average Bonchev–Trinajstić information content (AvgIpc) is 2.20. The zero-order chi connectivity index (χ0) is 10.8. The minimum absolute atomic E-state index is 0.143. The molecule has 0 saturated carbocycles. The van der Waals surface area contributed by atoms with Crippen molar-refractivity contribution in [2.75, 3.05) is 0 Å². The van der Waals surface area contributed by atoms with Crippen LogP contribution in [-0.2, 0) is 0 Å². The van der Waals surface area contributed by atoms with Gasteiger partial charge in [-0.2, -0.15) is 24.0 Å². The lowest BCUT2D eigenvalue weighted by Gasteiger charge is -2.00. The van der Waals surface area contributed by atoms with Crippen LogP contribution in [-0.4, -0.2) is 15.2 Å². The van der Waals surface area contributed by atoms with Crippen LogP contribution in [0.3, 0.4) is 0 Å². The summed E-state index contributed by atoms with van der Waals surface area (Å²) in [4.78, 5) is 3.07. The van der Waals surface area contributed by atoms with Crippen LogP contribution in [0.4, 0.5) is 8.78 Å². The largest absolute Gasteiger partial charge is 0.225 e. The smallest absolute Gasteiger partial charge is 0.190 e. The van der Waals surface area contributed by atoms with Crippen molar-refractivity contribution < 1.29 is 8.78 Å². The van der Waals surface area contributed by atoms with Crippen molar-refractivity contribution in [3.8, 4) is 11.3 Å². The first-order chi connectivity index (χ1) is 7.16. The van der Waals surface area contributed by atoms with Gasteiger partial charge in [-0.15, -0.1) is 0 Å². The SMILES string of the molecule is Cc1ccc(-c2ccc(F)nc2F)nn1. The minimum atomic E-state index is -0.881. The Labute approximate surface area is 84.8 Å². The van der Waals surface area contributed by atoms with Crippen LogP contribution in [0.15, 0.2) is 24.3 Å². The molecule has 0 saturated heterocycles. The van der Waals surface area contributed by atoms with Crippen molar-refractivity contribution >= 4 is 0 Å². The number of nitrogens with zero attached hydrogens (tertiary/aromatic N) is 3. The van der Waals surface area contributed by atoms with Gasteiger partial charge in [0.2, 0.25) is 11.9 Å². The maximum absolute atomic E-state index is 13.2. The molecule has 2 rings (SSSR count). The zero-order valence-electron chi connectivity index (χ0n) is 7.91. The van der Waals surface area contributed by atoms with E-state index in [2.05, 4.69) is 15.2 Å². The summed E-state index contributed by atoms with van der Waals surface area (Å²) < 4.78 is 25.8. The van der Waals surface area contributed by atoms with Gasteiger partial charge in [0.15, 0.2) is 0 Å². The quantitative estimate of drug-likeness (QED) is 0.672. The summed E-state index contributed by atoms with van der Waals surface area (Å²) in [6.07, 6.45) is 0. The zero-order valence-corrected chi connectivity index (χ0v) is 7.91. The molecular weight excluding hydrogens is 200 g/mol. The Balaban J connectivity index is 2.49. The summed E-state index contributed by atoms with van der Waals surface area (Å²) in [6.45, 7) is 1.77. The van der Waals surface area contributed by atoms with Crippen LogP contribution in [0.1, 0.15) is 5.69 Å². The Kier molecular flexibility index (Phi) is 2.37. The number of hydrogen-bond donors (Lipinski definition) is 0. The molecule has 0 atom stereocenters. The Morgan fingerprint density at radius 3 is 2.40 bits per heavy atom. The van der Waals surface area contributed by atoms with E-state index in [1.807, 2.05) is 0 Å². The molecule has 0 fully saturated rings. The maximum Gasteiger partial charge on any atom is 0.225 e. The number of rotatable bonds is 1. The Morgan fingerprint density at radius 2 is 1.80 bits per heavy atom. The molecule has 15 heavy (non-hydrogen) atoms. The summed E-state index contributed by atoms with van der Waals surface area (Å²) in [5, 5.41) is 7.57. The molecule has 0 aromatic carbocycles. The van der Waals surface area contributed by atoms with E-state index in [4.69, 9.17) is 0 Å². The third-order valence-corrected chi connectivity index (χ3v) is 1.89. The Morgan fingerprint density at radius 1 is 1.00 bits per heavy atom. The van der Waals surface area contributed by atoms with E-state index < -0.39 is 11.9 Å². The highest BCUT2D eigenvalue weighted by Crippen LogP contribution is 2.18. The molecule has 2 aromatic heterocycles. The van der Waals surface area contributed by atoms with E-state index in [0.29, 0.717) is 5.69 Å². The topological polar surface area (TPSA) is 38.7 Å². The first-order valence-corrected chi connectivity index (χ1v) is 4.29. The van der Waals surface area contributed by atoms with Gasteiger partial charge in [0, 0.05) is 0 Å². The molecule has 0 aliphatic heterocycles. The van der Waals surface area contributed by atoms with Crippen molar-refractivity contribution in [1.82, 2.24) is 15.2 Å². The lowest BCUT2D eigenvalue weighted by Crippen LogP contribution is -1.95. The van der Waals surface area contributed by atoms with Gasteiger partial charge in [0.1, 0.15) is 0 Å². The van der Waals surface area contributed by atoms with Crippen LogP contribution in [0.5, 0.6) is 0 Å². The van der Waals surface area contributed by atoms with Crippen molar-refractivity contribution in [2.24, 2.45) is 0 Å². The number of halogens is 2. The molecule has 76 valence electrons. The van der Waals surface area contributed by atoms with Gasteiger partial charge in [-0.1, -0.05) is 0 Å². The fourth-order valence-electron chi connectivity index (χ4n) is 1.15. The van der Waals surface area contributed by atoms with Crippen LogP contribution in [0.2, 0.25) is 0 Å². The predicted octanol–water partition coefficient (Wildman–Crippen LogP) is 2.13. The molecule has 0 spiro atoms. The summed E-state index contributed by atoms with van der Waals surface area (Å²) in [5.41, 5.74) is 1.21. The normalized spacial score (nSPS) is 10.3. The highest BCUT2D eigenvalue weighted by atomic mass is 19.1. The second-order valence-corrected chi connectivity index (χ2v) is 3.03. The third-order valence-electron chi connectivity index (χ3n) is 1.89. The van der Waals surface area contributed by atoms with Gasteiger partial charge >= 0.3 is 0 Å². The van der Waals surface area contributed by atoms with Crippen LogP contribution < -0.4 is 0 Å². The van der Waals surface area contributed by atoms with E-state index in [0.717, 1.165) is 11.8 Å². The molecule has 0 aliphatic carbocycles. The molecule has 2 aromatic rings. The Bertz CT molecular complexity index is 483. The molecule has 0 unspecified atom stereocenters. The van der Waals surface area contributed by atoms with Crippen molar-refractivity contribution in [2.45, 2.75) is 6.92 Å². The highest BCUT2D eigenvalue weighted by Gasteiger charge is 2.08. The van der Waals surface area contributed by atoms with E-state index in [1.165, 1.54) is 6.07 Å². The minimum Gasteiger partial charge on any atom is -0.190 e. The number of pyridine rings is 1. The molecule has 0 aliphatic rings.